The van der Waals surface area contributed by atoms with Gasteiger partial charge in [0, 0.05) is 12.1 Å². The van der Waals surface area contributed by atoms with E-state index in [1.807, 2.05) is 0 Å². The van der Waals surface area contributed by atoms with E-state index in [2.05, 4.69) is 5.32 Å². The van der Waals surface area contributed by atoms with E-state index in [0.29, 0.717) is 0 Å². The van der Waals surface area contributed by atoms with Crippen molar-refractivity contribution in [2.75, 3.05) is 6.54 Å². The van der Waals surface area contributed by atoms with Crippen molar-refractivity contribution in [2.45, 2.75) is 31.8 Å². The van der Waals surface area contributed by atoms with Crippen molar-refractivity contribution in [2.24, 2.45) is 5.92 Å². The van der Waals surface area contributed by atoms with Crippen LogP contribution in [-0.4, -0.2) is 28.8 Å². The molecule has 1 atom stereocenters. The fourth-order valence-corrected chi connectivity index (χ4v) is 2.89. The Hall–Kier alpha value is -1.98. The Morgan fingerprint density at radius 3 is 2.71 bits per heavy atom. The third-order valence-corrected chi connectivity index (χ3v) is 4.23. The van der Waals surface area contributed by atoms with E-state index in [0.717, 1.165) is 31.0 Å². The lowest BCUT2D eigenvalue weighted by molar-refractivity contribution is -0.150. The molecule has 21 heavy (non-hydrogen) atoms. The van der Waals surface area contributed by atoms with Crippen LogP contribution in [0.4, 0.5) is 8.78 Å². The standard InChI is InChI=1S/C15H16F2N2O2/c1-15(10-2-3-10)14(21)19(8-13(20)18-15)7-9-6-11(16)4-5-12(9)17/h4-6,10H,2-3,7-8H2,1H3,(H,18,20). The average molecular weight is 294 g/mol. The number of nitrogens with one attached hydrogen (secondary N) is 1. The highest BCUT2D eigenvalue weighted by molar-refractivity contribution is 5.98. The van der Waals surface area contributed by atoms with Gasteiger partial charge in [-0.3, -0.25) is 9.59 Å². The number of benzene rings is 1. The minimum absolute atomic E-state index is 0.0798. The second-order valence-electron chi connectivity index (χ2n) is 5.92. The zero-order valence-corrected chi connectivity index (χ0v) is 11.7. The summed E-state index contributed by atoms with van der Waals surface area (Å²) in [4.78, 5) is 25.7. The molecule has 1 saturated heterocycles. The zero-order chi connectivity index (χ0) is 15.2. The highest BCUT2D eigenvalue weighted by Gasteiger charge is 2.52. The second kappa shape index (κ2) is 4.79. The predicted octanol–water partition coefficient (Wildman–Crippen LogP) is 1.59. The molecule has 2 fully saturated rings. The van der Waals surface area contributed by atoms with E-state index >= 15 is 0 Å². The molecule has 1 unspecified atom stereocenters. The molecule has 1 saturated carbocycles. The monoisotopic (exact) mass is 294 g/mol. The first kappa shape index (κ1) is 14.0. The number of piperazine rings is 1. The maximum absolute atomic E-state index is 13.7. The van der Waals surface area contributed by atoms with Gasteiger partial charge in [-0.2, -0.15) is 0 Å². The molecule has 0 aromatic heterocycles. The molecule has 1 aliphatic carbocycles. The van der Waals surface area contributed by atoms with Gasteiger partial charge in [-0.25, -0.2) is 8.78 Å². The molecule has 1 aromatic carbocycles. The number of carbonyl (C=O) groups excluding carboxylic acids is 2. The molecule has 2 aliphatic rings. The summed E-state index contributed by atoms with van der Waals surface area (Å²) in [5.74, 6) is -1.50. The summed E-state index contributed by atoms with van der Waals surface area (Å²) in [5, 5.41) is 2.75. The maximum Gasteiger partial charge on any atom is 0.249 e. The van der Waals surface area contributed by atoms with Crippen molar-refractivity contribution in [1.82, 2.24) is 10.2 Å². The first-order valence-corrected chi connectivity index (χ1v) is 6.94. The van der Waals surface area contributed by atoms with Crippen LogP contribution in [0.25, 0.3) is 0 Å². The van der Waals surface area contributed by atoms with Crippen molar-refractivity contribution in [3.63, 3.8) is 0 Å². The van der Waals surface area contributed by atoms with Gasteiger partial charge in [0.25, 0.3) is 0 Å². The molecule has 2 amide bonds. The Bertz CT molecular complexity index is 616. The van der Waals surface area contributed by atoms with Gasteiger partial charge < -0.3 is 10.2 Å². The van der Waals surface area contributed by atoms with E-state index in [4.69, 9.17) is 0 Å². The molecule has 1 N–H and O–H groups in total. The number of rotatable bonds is 3. The van der Waals surface area contributed by atoms with Crippen molar-refractivity contribution in [1.29, 1.82) is 0 Å². The minimum atomic E-state index is -0.918. The van der Waals surface area contributed by atoms with Crippen LogP contribution < -0.4 is 5.32 Å². The zero-order valence-electron chi connectivity index (χ0n) is 11.7. The van der Waals surface area contributed by atoms with Crippen molar-refractivity contribution >= 4 is 11.8 Å². The van der Waals surface area contributed by atoms with Crippen LogP contribution in [0.5, 0.6) is 0 Å². The third-order valence-electron chi connectivity index (χ3n) is 4.23. The highest BCUT2D eigenvalue weighted by atomic mass is 19.1. The Morgan fingerprint density at radius 2 is 2.05 bits per heavy atom. The van der Waals surface area contributed by atoms with Crippen LogP contribution in [0, 0.1) is 17.6 Å². The third kappa shape index (κ3) is 2.50. The van der Waals surface area contributed by atoms with Gasteiger partial charge in [-0.15, -0.1) is 0 Å². The van der Waals surface area contributed by atoms with Gasteiger partial charge in [-0.1, -0.05) is 0 Å². The van der Waals surface area contributed by atoms with Crippen LogP contribution in [0.2, 0.25) is 0 Å². The molecule has 0 bridgehead atoms. The molecular weight excluding hydrogens is 278 g/mol. The predicted molar refractivity (Wildman–Crippen MR) is 71.0 cm³/mol. The lowest BCUT2D eigenvalue weighted by Gasteiger charge is -2.40. The van der Waals surface area contributed by atoms with Crippen LogP contribution in [0.3, 0.4) is 0 Å². The Labute approximate surface area is 121 Å². The lowest BCUT2D eigenvalue weighted by Crippen LogP contribution is -2.66. The Kier molecular flexibility index (Phi) is 3.19. The molecular formula is C15H16F2N2O2. The van der Waals surface area contributed by atoms with Gasteiger partial charge in [0.1, 0.15) is 17.2 Å². The maximum atomic E-state index is 13.7. The molecule has 6 heteroatoms. The van der Waals surface area contributed by atoms with Gasteiger partial charge in [0.2, 0.25) is 11.8 Å². The number of amides is 2. The summed E-state index contributed by atoms with van der Waals surface area (Å²) < 4.78 is 26.9. The largest absolute Gasteiger partial charge is 0.340 e. The number of carbonyl (C=O) groups is 2. The fourth-order valence-electron chi connectivity index (χ4n) is 2.89. The van der Waals surface area contributed by atoms with Crippen molar-refractivity contribution < 1.29 is 18.4 Å². The van der Waals surface area contributed by atoms with Crippen molar-refractivity contribution in [3.8, 4) is 0 Å². The van der Waals surface area contributed by atoms with Crippen LogP contribution >= 0.6 is 0 Å². The molecule has 112 valence electrons. The summed E-state index contributed by atoms with van der Waals surface area (Å²) in [7, 11) is 0. The first-order valence-electron chi connectivity index (χ1n) is 6.94. The number of nitrogens with zero attached hydrogens (tertiary/aromatic N) is 1. The SMILES string of the molecule is CC1(C2CC2)NC(=O)CN(Cc2cc(F)ccc2F)C1=O. The minimum Gasteiger partial charge on any atom is -0.340 e. The summed E-state index contributed by atoms with van der Waals surface area (Å²) >= 11 is 0. The van der Waals surface area contributed by atoms with Gasteiger partial charge in [-0.05, 0) is 43.9 Å². The summed E-state index contributed by atoms with van der Waals surface area (Å²) in [6.07, 6.45) is 1.79. The molecule has 1 aliphatic heterocycles. The van der Waals surface area contributed by atoms with Crippen LogP contribution in [0.15, 0.2) is 18.2 Å². The molecule has 0 radical (unpaired) electrons. The summed E-state index contributed by atoms with van der Waals surface area (Å²) in [6.45, 7) is 1.48. The van der Waals surface area contributed by atoms with E-state index in [1.54, 1.807) is 6.92 Å². The number of hydrogen-bond donors (Lipinski definition) is 1. The normalized spacial score (nSPS) is 26.0. The average Bonchev–Trinajstić information content (AvgIpc) is 3.24. The van der Waals surface area contributed by atoms with Crippen LogP contribution in [-0.2, 0) is 16.1 Å². The number of hydrogen-bond acceptors (Lipinski definition) is 2. The van der Waals surface area contributed by atoms with Gasteiger partial charge >= 0.3 is 0 Å². The van der Waals surface area contributed by atoms with E-state index in [1.165, 1.54) is 4.90 Å². The van der Waals surface area contributed by atoms with E-state index in [9.17, 15) is 18.4 Å². The fraction of sp³-hybridized carbons (Fsp3) is 0.467. The topological polar surface area (TPSA) is 49.4 Å². The highest BCUT2D eigenvalue weighted by Crippen LogP contribution is 2.41. The summed E-state index contributed by atoms with van der Waals surface area (Å²) in [5.41, 5.74) is -0.838. The second-order valence-corrected chi connectivity index (χ2v) is 5.92. The quantitative estimate of drug-likeness (QED) is 0.920. The molecule has 1 heterocycles. The molecule has 1 aromatic rings. The number of halogens is 2. The van der Waals surface area contributed by atoms with Gasteiger partial charge in [0.15, 0.2) is 0 Å². The van der Waals surface area contributed by atoms with E-state index < -0.39 is 17.2 Å². The van der Waals surface area contributed by atoms with Crippen LogP contribution in [0.1, 0.15) is 25.3 Å². The van der Waals surface area contributed by atoms with Crippen molar-refractivity contribution in [3.05, 3.63) is 35.4 Å². The molecule has 3 rings (SSSR count). The van der Waals surface area contributed by atoms with E-state index in [-0.39, 0.29) is 36.4 Å². The Morgan fingerprint density at radius 1 is 1.33 bits per heavy atom. The molecule has 4 nitrogen and oxygen atoms in total. The summed E-state index contributed by atoms with van der Waals surface area (Å²) in [6, 6.07) is 3.11. The lowest BCUT2D eigenvalue weighted by atomic mass is 9.91. The van der Waals surface area contributed by atoms with Gasteiger partial charge in [0.05, 0.1) is 6.54 Å². The molecule has 0 spiro atoms. The smallest absolute Gasteiger partial charge is 0.249 e. The Balaban J connectivity index is 1.85. The first-order chi connectivity index (χ1) is 9.90.